The molecular weight excluding hydrogens is 265 g/mol. The molecule has 0 aliphatic carbocycles. The molecule has 12 heavy (non-hydrogen) atoms. The van der Waals surface area contributed by atoms with Gasteiger partial charge in [0.2, 0.25) is 0 Å². The molecule has 2 nitrogen and oxygen atoms in total. The van der Waals surface area contributed by atoms with Crippen LogP contribution in [0.25, 0.3) is 0 Å². The van der Waals surface area contributed by atoms with Crippen LogP contribution in [0, 0.1) is 3.57 Å². The highest BCUT2D eigenvalue weighted by Crippen LogP contribution is 2.07. The SMILES string of the molecule is N[C@@H](CO)Cc1ccc(I)cc1. The zero-order valence-corrected chi connectivity index (χ0v) is 8.86. The second kappa shape index (κ2) is 4.79. The highest BCUT2D eigenvalue weighted by molar-refractivity contribution is 14.1. The van der Waals surface area contributed by atoms with Gasteiger partial charge in [0.05, 0.1) is 6.61 Å². The highest BCUT2D eigenvalue weighted by Gasteiger charge is 2.01. The van der Waals surface area contributed by atoms with Crippen molar-refractivity contribution in [3.63, 3.8) is 0 Å². The van der Waals surface area contributed by atoms with E-state index in [-0.39, 0.29) is 12.6 Å². The Bertz CT molecular complexity index is 235. The Labute approximate surface area is 85.9 Å². The van der Waals surface area contributed by atoms with Crippen LogP contribution in [0.3, 0.4) is 0 Å². The molecule has 3 heteroatoms. The number of nitrogens with two attached hydrogens (primary N) is 1. The van der Waals surface area contributed by atoms with Gasteiger partial charge in [0.1, 0.15) is 0 Å². The van der Waals surface area contributed by atoms with Gasteiger partial charge in [0, 0.05) is 9.61 Å². The molecule has 0 spiro atoms. The Morgan fingerprint density at radius 2 is 1.92 bits per heavy atom. The monoisotopic (exact) mass is 277 g/mol. The molecule has 1 aromatic carbocycles. The molecule has 3 N–H and O–H groups in total. The maximum atomic E-state index is 8.72. The van der Waals surface area contributed by atoms with E-state index >= 15 is 0 Å². The molecule has 0 unspecified atom stereocenters. The minimum Gasteiger partial charge on any atom is -0.395 e. The molecule has 1 rings (SSSR count). The Hall–Kier alpha value is -0.130. The van der Waals surface area contributed by atoms with Crippen LogP contribution in [0.2, 0.25) is 0 Å². The highest BCUT2D eigenvalue weighted by atomic mass is 127. The second-order valence-electron chi connectivity index (χ2n) is 2.77. The summed E-state index contributed by atoms with van der Waals surface area (Å²) in [5.74, 6) is 0. The quantitative estimate of drug-likeness (QED) is 0.814. The van der Waals surface area contributed by atoms with Crippen LogP contribution in [-0.2, 0) is 6.42 Å². The van der Waals surface area contributed by atoms with E-state index in [9.17, 15) is 0 Å². The Morgan fingerprint density at radius 3 is 2.42 bits per heavy atom. The van der Waals surface area contributed by atoms with E-state index < -0.39 is 0 Å². The number of halogens is 1. The molecule has 0 fully saturated rings. The number of hydrogen-bond donors (Lipinski definition) is 2. The van der Waals surface area contributed by atoms with Gasteiger partial charge in [-0.3, -0.25) is 0 Å². The fourth-order valence-corrected chi connectivity index (χ4v) is 1.35. The minimum absolute atomic E-state index is 0.0476. The molecule has 0 amide bonds. The molecule has 66 valence electrons. The van der Waals surface area contributed by atoms with Crippen molar-refractivity contribution in [2.45, 2.75) is 12.5 Å². The average molecular weight is 277 g/mol. The fourth-order valence-electron chi connectivity index (χ4n) is 0.988. The van der Waals surface area contributed by atoms with Crippen molar-refractivity contribution in [1.82, 2.24) is 0 Å². The molecule has 1 atom stereocenters. The first-order valence-electron chi connectivity index (χ1n) is 3.83. The molecular formula is C9H12INO. The average Bonchev–Trinajstić information content (AvgIpc) is 2.09. The van der Waals surface area contributed by atoms with E-state index in [0.29, 0.717) is 0 Å². The maximum absolute atomic E-state index is 8.72. The predicted octanol–water partition coefficient (Wildman–Crippen LogP) is 1.15. The first-order valence-corrected chi connectivity index (χ1v) is 4.91. The van der Waals surface area contributed by atoms with E-state index in [0.717, 1.165) is 6.42 Å². The van der Waals surface area contributed by atoms with Gasteiger partial charge in [0.25, 0.3) is 0 Å². The van der Waals surface area contributed by atoms with Crippen molar-refractivity contribution in [2.75, 3.05) is 6.61 Å². The van der Waals surface area contributed by atoms with E-state index in [1.54, 1.807) is 0 Å². The third-order valence-corrected chi connectivity index (χ3v) is 2.36. The molecule has 0 aliphatic heterocycles. The van der Waals surface area contributed by atoms with Gasteiger partial charge < -0.3 is 10.8 Å². The Kier molecular flexibility index (Phi) is 3.97. The maximum Gasteiger partial charge on any atom is 0.0585 e. The summed E-state index contributed by atoms with van der Waals surface area (Å²) in [6.07, 6.45) is 0.743. The lowest BCUT2D eigenvalue weighted by Crippen LogP contribution is -2.26. The number of rotatable bonds is 3. The smallest absolute Gasteiger partial charge is 0.0585 e. The molecule has 0 saturated carbocycles. The minimum atomic E-state index is -0.134. The second-order valence-corrected chi connectivity index (χ2v) is 4.02. The molecule has 0 aliphatic rings. The van der Waals surface area contributed by atoms with Crippen LogP contribution in [0.5, 0.6) is 0 Å². The zero-order chi connectivity index (χ0) is 8.97. The van der Waals surface area contributed by atoms with Crippen molar-refractivity contribution < 1.29 is 5.11 Å². The van der Waals surface area contributed by atoms with Gasteiger partial charge in [-0.15, -0.1) is 0 Å². The summed E-state index contributed by atoms with van der Waals surface area (Å²) < 4.78 is 1.22. The van der Waals surface area contributed by atoms with Gasteiger partial charge in [0.15, 0.2) is 0 Å². The number of aliphatic hydroxyl groups excluding tert-OH is 1. The summed E-state index contributed by atoms with van der Waals surface area (Å²) in [4.78, 5) is 0. The Balaban J connectivity index is 2.58. The summed E-state index contributed by atoms with van der Waals surface area (Å²) in [5.41, 5.74) is 6.77. The predicted molar refractivity (Wildman–Crippen MR) is 57.9 cm³/mol. The van der Waals surface area contributed by atoms with Crippen LogP contribution >= 0.6 is 22.6 Å². The zero-order valence-electron chi connectivity index (χ0n) is 6.70. The molecule has 0 heterocycles. The van der Waals surface area contributed by atoms with Gasteiger partial charge in [-0.2, -0.15) is 0 Å². The van der Waals surface area contributed by atoms with Gasteiger partial charge in [-0.05, 0) is 46.7 Å². The van der Waals surface area contributed by atoms with Crippen LogP contribution in [-0.4, -0.2) is 17.8 Å². The van der Waals surface area contributed by atoms with Crippen LogP contribution in [0.15, 0.2) is 24.3 Å². The van der Waals surface area contributed by atoms with Gasteiger partial charge >= 0.3 is 0 Å². The number of benzene rings is 1. The van der Waals surface area contributed by atoms with E-state index in [1.165, 1.54) is 9.13 Å². The normalized spacial score (nSPS) is 12.9. The third-order valence-electron chi connectivity index (χ3n) is 1.65. The summed E-state index contributed by atoms with van der Waals surface area (Å²) in [6.45, 7) is 0.0476. The molecule has 1 aromatic rings. The van der Waals surface area contributed by atoms with Crippen molar-refractivity contribution in [3.05, 3.63) is 33.4 Å². The lowest BCUT2D eigenvalue weighted by molar-refractivity contribution is 0.265. The van der Waals surface area contributed by atoms with Crippen LogP contribution in [0.1, 0.15) is 5.56 Å². The fraction of sp³-hybridized carbons (Fsp3) is 0.333. The topological polar surface area (TPSA) is 46.2 Å². The Morgan fingerprint density at radius 1 is 1.33 bits per heavy atom. The summed E-state index contributed by atoms with van der Waals surface area (Å²) in [7, 11) is 0. The number of hydrogen-bond acceptors (Lipinski definition) is 2. The van der Waals surface area contributed by atoms with Gasteiger partial charge in [-0.1, -0.05) is 12.1 Å². The van der Waals surface area contributed by atoms with E-state index in [4.69, 9.17) is 10.8 Å². The van der Waals surface area contributed by atoms with Crippen LogP contribution in [0.4, 0.5) is 0 Å². The number of aliphatic hydroxyl groups is 1. The lowest BCUT2D eigenvalue weighted by atomic mass is 10.1. The summed E-state index contributed by atoms with van der Waals surface area (Å²) in [5, 5.41) is 8.72. The van der Waals surface area contributed by atoms with Crippen LogP contribution < -0.4 is 5.73 Å². The molecule has 0 radical (unpaired) electrons. The van der Waals surface area contributed by atoms with Crippen molar-refractivity contribution in [1.29, 1.82) is 0 Å². The molecule has 0 aromatic heterocycles. The van der Waals surface area contributed by atoms with Crippen molar-refractivity contribution in [2.24, 2.45) is 5.73 Å². The first-order chi connectivity index (χ1) is 5.72. The molecule has 0 saturated heterocycles. The third kappa shape index (κ3) is 3.08. The molecule has 0 bridgehead atoms. The van der Waals surface area contributed by atoms with E-state index in [1.807, 2.05) is 24.3 Å². The summed E-state index contributed by atoms with van der Waals surface area (Å²) >= 11 is 2.26. The largest absolute Gasteiger partial charge is 0.395 e. The van der Waals surface area contributed by atoms with Crippen molar-refractivity contribution >= 4 is 22.6 Å². The standard InChI is InChI=1S/C9H12INO/c10-8-3-1-7(2-4-8)5-9(11)6-12/h1-4,9,12H,5-6,11H2/t9-/m1/s1. The van der Waals surface area contributed by atoms with Crippen molar-refractivity contribution in [3.8, 4) is 0 Å². The van der Waals surface area contributed by atoms with Gasteiger partial charge in [-0.25, -0.2) is 0 Å². The van der Waals surface area contributed by atoms with E-state index in [2.05, 4.69) is 22.6 Å². The summed E-state index contributed by atoms with van der Waals surface area (Å²) in [6, 6.07) is 8.03. The lowest BCUT2D eigenvalue weighted by Gasteiger charge is -2.07. The first kappa shape index (κ1) is 9.95.